The van der Waals surface area contributed by atoms with Gasteiger partial charge in [-0.15, -0.1) is 0 Å². The summed E-state index contributed by atoms with van der Waals surface area (Å²) in [7, 11) is 0. The van der Waals surface area contributed by atoms with Gasteiger partial charge in [0.05, 0.1) is 11.5 Å². The first-order valence-corrected chi connectivity index (χ1v) is 9.88. The van der Waals surface area contributed by atoms with Crippen molar-refractivity contribution in [2.45, 2.75) is 51.0 Å². The summed E-state index contributed by atoms with van der Waals surface area (Å²) in [6, 6.07) is 15.1. The zero-order chi connectivity index (χ0) is 20.3. The SMILES string of the molecule is CC(c1ccccc1N1CCCCC1C)C(C(N)=O)c1ccc(C(=O)O)cc1. The van der Waals surface area contributed by atoms with Gasteiger partial charge in [0.2, 0.25) is 5.91 Å². The molecular weight excluding hydrogens is 352 g/mol. The van der Waals surface area contributed by atoms with E-state index in [1.54, 1.807) is 12.1 Å². The Morgan fingerprint density at radius 2 is 1.79 bits per heavy atom. The molecule has 0 saturated carbocycles. The van der Waals surface area contributed by atoms with Crippen molar-refractivity contribution in [3.05, 3.63) is 65.2 Å². The largest absolute Gasteiger partial charge is 0.478 e. The van der Waals surface area contributed by atoms with Gasteiger partial charge in [-0.25, -0.2) is 4.79 Å². The van der Waals surface area contributed by atoms with Gasteiger partial charge in [-0.05, 0) is 61.4 Å². The zero-order valence-electron chi connectivity index (χ0n) is 16.5. The van der Waals surface area contributed by atoms with E-state index in [1.807, 2.05) is 19.1 Å². The average Bonchev–Trinajstić information content (AvgIpc) is 2.68. The first-order chi connectivity index (χ1) is 13.4. The zero-order valence-corrected chi connectivity index (χ0v) is 16.5. The van der Waals surface area contributed by atoms with Crippen LogP contribution in [0.3, 0.4) is 0 Å². The fourth-order valence-electron chi connectivity index (χ4n) is 4.30. The summed E-state index contributed by atoms with van der Waals surface area (Å²) in [6.45, 7) is 5.28. The third-order valence-electron chi connectivity index (χ3n) is 5.86. The number of anilines is 1. The van der Waals surface area contributed by atoms with Crippen LogP contribution in [0.5, 0.6) is 0 Å². The van der Waals surface area contributed by atoms with Crippen molar-refractivity contribution in [2.75, 3.05) is 11.4 Å². The van der Waals surface area contributed by atoms with Gasteiger partial charge in [0.15, 0.2) is 0 Å². The number of primary amides is 1. The molecule has 2 aromatic rings. The molecule has 3 N–H and O–H groups in total. The Kier molecular flexibility index (Phi) is 6.02. The lowest BCUT2D eigenvalue weighted by Gasteiger charge is -2.38. The lowest BCUT2D eigenvalue weighted by molar-refractivity contribution is -0.119. The minimum Gasteiger partial charge on any atom is -0.478 e. The van der Waals surface area contributed by atoms with E-state index in [1.165, 1.54) is 31.4 Å². The quantitative estimate of drug-likeness (QED) is 0.789. The predicted molar refractivity (Wildman–Crippen MR) is 111 cm³/mol. The van der Waals surface area contributed by atoms with Crippen molar-refractivity contribution < 1.29 is 14.7 Å². The van der Waals surface area contributed by atoms with E-state index in [0.717, 1.165) is 23.4 Å². The molecule has 5 nitrogen and oxygen atoms in total. The van der Waals surface area contributed by atoms with Crippen LogP contribution >= 0.6 is 0 Å². The van der Waals surface area contributed by atoms with Crippen LogP contribution in [0.15, 0.2) is 48.5 Å². The van der Waals surface area contributed by atoms with Crippen LogP contribution in [0.4, 0.5) is 5.69 Å². The highest BCUT2D eigenvalue weighted by Crippen LogP contribution is 2.39. The molecule has 148 valence electrons. The van der Waals surface area contributed by atoms with E-state index in [-0.39, 0.29) is 11.5 Å². The smallest absolute Gasteiger partial charge is 0.335 e. The van der Waals surface area contributed by atoms with Gasteiger partial charge in [-0.2, -0.15) is 0 Å². The minimum atomic E-state index is -0.986. The monoisotopic (exact) mass is 380 g/mol. The first kappa shape index (κ1) is 19.9. The number of carboxylic acids is 1. The third kappa shape index (κ3) is 4.03. The standard InChI is InChI=1S/C23H28N2O3/c1-15-7-5-6-14-25(15)20-9-4-3-8-19(20)16(2)21(22(24)26)17-10-12-18(13-11-17)23(27)28/h3-4,8-13,15-16,21H,5-7,14H2,1-2H3,(H2,24,26)(H,27,28). The number of piperidine rings is 1. The molecule has 5 heteroatoms. The Balaban J connectivity index is 1.97. The van der Waals surface area contributed by atoms with Crippen LogP contribution < -0.4 is 10.6 Å². The van der Waals surface area contributed by atoms with Gasteiger partial charge in [-0.1, -0.05) is 37.3 Å². The van der Waals surface area contributed by atoms with Crippen LogP contribution in [0, 0.1) is 0 Å². The van der Waals surface area contributed by atoms with Gasteiger partial charge in [-0.3, -0.25) is 4.79 Å². The summed E-state index contributed by atoms with van der Waals surface area (Å²) in [6.07, 6.45) is 3.58. The maximum Gasteiger partial charge on any atom is 0.335 e. The minimum absolute atomic E-state index is 0.126. The van der Waals surface area contributed by atoms with Crippen molar-refractivity contribution in [1.29, 1.82) is 0 Å². The summed E-state index contributed by atoms with van der Waals surface area (Å²) < 4.78 is 0. The molecule has 0 radical (unpaired) electrons. The highest BCUT2D eigenvalue weighted by Gasteiger charge is 2.30. The Morgan fingerprint density at radius 1 is 1.11 bits per heavy atom. The van der Waals surface area contributed by atoms with Gasteiger partial charge in [0.25, 0.3) is 0 Å². The molecule has 0 bridgehead atoms. The molecule has 1 amide bonds. The van der Waals surface area contributed by atoms with E-state index >= 15 is 0 Å². The van der Waals surface area contributed by atoms with Crippen molar-refractivity contribution >= 4 is 17.6 Å². The van der Waals surface area contributed by atoms with Gasteiger partial charge in [0.1, 0.15) is 0 Å². The van der Waals surface area contributed by atoms with Crippen LogP contribution in [0.1, 0.15) is 66.4 Å². The number of hydrogen-bond acceptors (Lipinski definition) is 3. The average molecular weight is 380 g/mol. The van der Waals surface area contributed by atoms with E-state index in [2.05, 4.69) is 24.0 Å². The normalized spacial score (nSPS) is 19.1. The van der Waals surface area contributed by atoms with Crippen molar-refractivity contribution in [3.8, 4) is 0 Å². The fourth-order valence-corrected chi connectivity index (χ4v) is 4.30. The molecule has 1 aliphatic heterocycles. The number of nitrogens with zero attached hydrogens (tertiary/aromatic N) is 1. The topological polar surface area (TPSA) is 83.6 Å². The fraction of sp³-hybridized carbons (Fsp3) is 0.391. The Labute approximate surface area is 166 Å². The van der Waals surface area contributed by atoms with Crippen molar-refractivity contribution in [2.24, 2.45) is 5.73 Å². The predicted octanol–water partition coefficient (Wildman–Crippen LogP) is 4.14. The second-order valence-electron chi connectivity index (χ2n) is 7.69. The molecule has 3 rings (SSSR count). The molecule has 0 aromatic heterocycles. The lowest BCUT2D eigenvalue weighted by Crippen LogP contribution is -2.38. The molecule has 1 fully saturated rings. The lowest BCUT2D eigenvalue weighted by atomic mass is 9.81. The highest BCUT2D eigenvalue weighted by molar-refractivity contribution is 5.88. The molecule has 3 unspecified atom stereocenters. The summed E-state index contributed by atoms with van der Waals surface area (Å²) in [5.74, 6) is -2.04. The van der Waals surface area contributed by atoms with Gasteiger partial charge >= 0.3 is 5.97 Å². The number of para-hydroxylation sites is 1. The third-order valence-corrected chi connectivity index (χ3v) is 5.86. The van der Waals surface area contributed by atoms with Gasteiger partial charge in [0, 0.05) is 18.3 Å². The number of carboxylic acid groups (broad SMARTS) is 1. The number of carbonyl (C=O) groups is 2. The van der Waals surface area contributed by atoms with E-state index in [0.29, 0.717) is 6.04 Å². The molecule has 1 saturated heterocycles. The van der Waals surface area contributed by atoms with Crippen LogP contribution in [-0.4, -0.2) is 29.6 Å². The number of amides is 1. The Bertz CT molecular complexity index is 847. The highest BCUT2D eigenvalue weighted by atomic mass is 16.4. The number of carbonyl (C=O) groups excluding carboxylic acids is 1. The van der Waals surface area contributed by atoms with Crippen LogP contribution in [0.25, 0.3) is 0 Å². The number of benzene rings is 2. The number of rotatable bonds is 6. The maximum absolute atomic E-state index is 12.4. The summed E-state index contributed by atoms with van der Waals surface area (Å²) in [5, 5.41) is 9.12. The Hall–Kier alpha value is -2.82. The van der Waals surface area contributed by atoms with E-state index in [4.69, 9.17) is 10.8 Å². The van der Waals surface area contributed by atoms with Crippen LogP contribution in [0.2, 0.25) is 0 Å². The first-order valence-electron chi connectivity index (χ1n) is 9.88. The molecule has 28 heavy (non-hydrogen) atoms. The molecule has 1 heterocycles. The molecule has 2 aromatic carbocycles. The number of hydrogen-bond donors (Lipinski definition) is 2. The molecule has 3 atom stereocenters. The molecular formula is C23H28N2O3. The number of aromatic carboxylic acids is 1. The van der Waals surface area contributed by atoms with Crippen molar-refractivity contribution in [3.63, 3.8) is 0 Å². The second-order valence-corrected chi connectivity index (χ2v) is 7.69. The van der Waals surface area contributed by atoms with Gasteiger partial charge < -0.3 is 15.7 Å². The Morgan fingerprint density at radius 3 is 2.39 bits per heavy atom. The summed E-state index contributed by atoms with van der Waals surface area (Å²) >= 11 is 0. The second kappa shape index (κ2) is 8.46. The maximum atomic E-state index is 12.4. The molecule has 0 spiro atoms. The number of nitrogens with two attached hydrogens (primary N) is 1. The summed E-state index contributed by atoms with van der Waals surface area (Å²) in [5.41, 5.74) is 8.99. The summed E-state index contributed by atoms with van der Waals surface area (Å²) in [4.78, 5) is 25.9. The molecule has 1 aliphatic rings. The van der Waals surface area contributed by atoms with Crippen LogP contribution in [-0.2, 0) is 4.79 Å². The van der Waals surface area contributed by atoms with E-state index < -0.39 is 17.8 Å². The van der Waals surface area contributed by atoms with E-state index in [9.17, 15) is 9.59 Å². The molecule has 0 aliphatic carbocycles. The van der Waals surface area contributed by atoms with Crippen molar-refractivity contribution in [1.82, 2.24) is 0 Å².